The van der Waals surface area contributed by atoms with Gasteiger partial charge in [-0.3, -0.25) is 9.59 Å². The monoisotopic (exact) mass is 321 g/mol. The van der Waals surface area contributed by atoms with Crippen molar-refractivity contribution in [3.05, 3.63) is 65.2 Å². The number of nitriles is 1. The molecule has 24 heavy (non-hydrogen) atoms. The topological polar surface area (TPSA) is 73.2 Å². The number of hydrogen-bond donors (Lipinski definition) is 1. The number of rotatable bonds is 5. The Morgan fingerprint density at radius 2 is 1.62 bits per heavy atom. The molecule has 5 nitrogen and oxygen atoms in total. The van der Waals surface area contributed by atoms with Crippen molar-refractivity contribution in [1.82, 2.24) is 4.90 Å². The van der Waals surface area contributed by atoms with Crippen LogP contribution in [0.2, 0.25) is 0 Å². The van der Waals surface area contributed by atoms with Crippen molar-refractivity contribution < 1.29 is 9.59 Å². The van der Waals surface area contributed by atoms with Gasteiger partial charge in [0.1, 0.15) is 0 Å². The van der Waals surface area contributed by atoms with Crippen LogP contribution in [0.4, 0.5) is 5.69 Å². The molecule has 2 aromatic carbocycles. The summed E-state index contributed by atoms with van der Waals surface area (Å²) in [4.78, 5) is 25.0. The SMILES string of the molecule is CC(=O)Nc1ccc(CC(=O)N(C)Cc2ccc(C#N)cc2)cc1. The first-order valence-electron chi connectivity index (χ1n) is 7.57. The molecule has 0 aliphatic carbocycles. The van der Waals surface area contributed by atoms with Crippen molar-refractivity contribution in [2.24, 2.45) is 0 Å². The predicted molar refractivity (Wildman–Crippen MR) is 92.1 cm³/mol. The van der Waals surface area contributed by atoms with Crippen LogP contribution < -0.4 is 5.32 Å². The zero-order valence-electron chi connectivity index (χ0n) is 13.7. The summed E-state index contributed by atoms with van der Waals surface area (Å²) < 4.78 is 0. The number of benzene rings is 2. The Morgan fingerprint density at radius 3 is 2.17 bits per heavy atom. The smallest absolute Gasteiger partial charge is 0.227 e. The molecule has 0 heterocycles. The number of hydrogen-bond acceptors (Lipinski definition) is 3. The molecule has 0 spiro atoms. The third-order valence-electron chi connectivity index (χ3n) is 3.56. The average Bonchev–Trinajstić information content (AvgIpc) is 2.56. The van der Waals surface area contributed by atoms with Gasteiger partial charge in [-0.2, -0.15) is 5.26 Å². The zero-order valence-corrected chi connectivity index (χ0v) is 13.7. The maximum absolute atomic E-state index is 12.3. The summed E-state index contributed by atoms with van der Waals surface area (Å²) in [6, 6.07) is 16.5. The molecule has 0 saturated heterocycles. The van der Waals surface area contributed by atoms with Crippen molar-refractivity contribution in [3.63, 3.8) is 0 Å². The fraction of sp³-hybridized carbons (Fsp3) is 0.211. The van der Waals surface area contributed by atoms with Gasteiger partial charge < -0.3 is 10.2 Å². The van der Waals surface area contributed by atoms with Crippen LogP contribution in [0.5, 0.6) is 0 Å². The highest BCUT2D eigenvalue weighted by Crippen LogP contribution is 2.12. The molecular formula is C19H19N3O2. The molecule has 2 amide bonds. The predicted octanol–water partition coefficient (Wildman–Crippen LogP) is 2.72. The Morgan fingerprint density at radius 1 is 1.04 bits per heavy atom. The number of carbonyl (C=O) groups excluding carboxylic acids is 2. The molecule has 0 aromatic heterocycles. The van der Waals surface area contributed by atoms with Crippen molar-refractivity contribution in [3.8, 4) is 6.07 Å². The Bertz CT molecular complexity index is 759. The summed E-state index contributed by atoms with van der Waals surface area (Å²) in [5.41, 5.74) is 3.18. The molecule has 0 radical (unpaired) electrons. The van der Waals surface area contributed by atoms with E-state index in [-0.39, 0.29) is 11.8 Å². The molecule has 0 bridgehead atoms. The lowest BCUT2D eigenvalue weighted by atomic mass is 10.1. The molecule has 0 atom stereocenters. The van der Waals surface area contributed by atoms with Gasteiger partial charge in [-0.15, -0.1) is 0 Å². The summed E-state index contributed by atoms with van der Waals surface area (Å²) in [5.74, 6) is -0.118. The molecule has 122 valence electrons. The molecule has 0 fully saturated rings. The van der Waals surface area contributed by atoms with Gasteiger partial charge >= 0.3 is 0 Å². The number of anilines is 1. The summed E-state index contributed by atoms with van der Waals surface area (Å²) in [6.07, 6.45) is 0.299. The molecule has 0 aliphatic heterocycles. The minimum Gasteiger partial charge on any atom is -0.341 e. The van der Waals surface area contributed by atoms with E-state index >= 15 is 0 Å². The quantitative estimate of drug-likeness (QED) is 0.920. The van der Waals surface area contributed by atoms with Crippen LogP contribution in [0.15, 0.2) is 48.5 Å². The van der Waals surface area contributed by atoms with Gasteiger partial charge in [-0.25, -0.2) is 0 Å². The van der Waals surface area contributed by atoms with E-state index in [2.05, 4.69) is 11.4 Å². The standard InChI is InChI=1S/C19H19N3O2/c1-14(23)21-18-9-7-15(8-10-18)11-19(24)22(2)13-17-5-3-16(12-20)4-6-17/h3-10H,11,13H2,1-2H3,(H,21,23). The minimum absolute atomic E-state index is 0.00615. The van der Waals surface area contributed by atoms with E-state index in [0.717, 1.165) is 11.1 Å². The minimum atomic E-state index is -0.124. The molecule has 2 rings (SSSR count). The van der Waals surface area contributed by atoms with Gasteiger partial charge in [-0.1, -0.05) is 24.3 Å². The number of likely N-dealkylation sites (N-methyl/N-ethyl adjacent to an activating group) is 1. The lowest BCUT2D eigenvalue weighted by molar-refractivity contribution is -0.129. The van der Waals surface area contributed by atoms with E-state index < -0.39 is 0 Å². The van der Waals surface area contributed by atoms with Crippen LogP contribution in [0.3, 0.4) is 0 Å². The van der Waals surface area contributed by atoms with E-state index in [9.17, 15) is 9.59 Å². The van der Waals surface area contributed by atoms with E-state index in [4.69, 9.17) is 5.26 Å². The molecule has 2 aromatic rings. The number of nitrogens with one attached hydrogen (secondary N) is 1. The molecule has 0 aliphatic rings. The summed E-state index contributed by atoms with van der Waals surface area (Å²) in [5, 5.41) is 11.5. The van der Waals surface area contributed by atoms with Crippen LogP contribution in [-0.2, 0) is 22.6 Å². The lowest BCUT2D eigenvalue weighted by Crippen LogP contribution is -2.27. The fourth-order valence-corrected chi connectivity index (χ4v) is 2.27. The average molecular weight is 321 g/mol. The normalized spacial score (nSPS) is 9.88. The third kappa shape index (κ3) is 4.96. The van der Waals surface area contributed by atoms with Crippen molar-refractivity contribution in [2.45, 2.75) is 19.9 Å². The van der Waals surface area contributed by atoms with E-state index in [0.29, 0.717) is 24.2 Å². The van der Waals surface area contributed by atoms with Crippen molar-refractivity contribution in [1.29, 1.82) is 5.26 Å². The van der Waals surface area contributed by atoms with E-state index in [1.54, 1.807) is 36.2 Å². The maximum atomic E-state index is 12.3. The van der Waals surface area contributed by atoms with Gasteiger partial charge in [-0.05, 0) is 35.4 Å². The van der Waals surface area contributed by atoms with Crippen LogP contribution in [0.1, 0.15) is 23.6 Å². The van der Waals surface area contributed by atoms with Crippen molar-refractivity contribution in [2.75, 3.05) is 12.4 Å². The van der Waals surface area contributed by atoms with Gasteiger partial charge in [0.15, 0.2) is 0 Å². The second-order valence-electron chi connectivity index (χ2n) is 5.61. The van der Waals surface area contributed by atoms with Crippen LogP contribution in [-0.4, -0.2) is 23.8 Å². The Kier molecular flexibility index (Phi) is 5.69. The van der Waals surface area contributed by atoms with E-state index in [1.807, 2.05) is 24.3 Å². The first-order chi connectivity index (χ1) is 11.5. The van der Waals surface area contributed by atoms with Gasteiger partial charge in [0.25, 0.3) is 0 Å². The van der Waals surface area contributed by atoms with Crippen LogP contribution in [0.25, 0.3) is 0 Å². The third-order valence-corrected chi connectivity index (χ3v) is 3.56. The van der Waals surface area contributed by atoms with Gasteiger partial charge in [0.05, 0.1) is 18.1 Å². The summed E-state index contributed by atoms with van der Waals surface area (Å²) in [7, 11) is 1.76. The number of carbonyl (C=O) groups is 2. The highest BCUT2D eigenvalue weighted by atomic mass is 16.2. The highest BCUT2D eigenvalue weighted by Gasteiger charge is 2.10. The Labute approximate surface area is 141 Å². The van der Waals surface area contributed by atoms with Gasteiger partial charge in [0, 0.05) is 26.2 Å². The number of amides is 2. The molecule has 0 saturated carbocycles. The molecule has 0 unspecified atom stereocenters. The van der Waals surface area contributed by atoms with Gasteiger partial charge in [0.2, 0.25) is 11.8 Å². The first-order valence-corrected chi connectivity index (χ1v) is 7.57. The van der Waals surface area contributed by atoms with Crippen LogP contribution >= 0.6 is 0 Å². The first kappa shape index (κ1) is 17.2. The number of nitrogens with zero attached hydrogens (tertiary/aromatic N) is 2. The Hall–Kier alpha value is -3.13. The maximum Gasteiger partial charge on any atom is 0.227 e. The summed E-state index contributed by atoms with van der Waals surface area (Å²) >= 11 is 0. The van der Waals surface area contributed by atoms with Crippen LogP contribution in [0, 0.1) is 11.3 Å². The summed E-state index contributed by atoms with van der Waals surface area (Å²) in [6.45, 7) is 1.95. The van der Waals surface area contributed by atoms with E-state index in [1.165, 1.54) is 6.92 Å². The zero-order chi connectivity index (χ0) is 17.5. The molecule has 5 heteroatoms. The molecule has 1 N–H and O–H groups in total. The van der Waals surface area contributed by atoms with Crippen molar-refractivity contribution >= 4 is 17.5 Å². The highest BCUT2D eigenvalue weighted by molar-refractivity contribution is 5.88. The fourth-order valence-electron chi connectivity index (χ4n) is 2.27. The second kappa shape index (κ2) is 7.93. The molecular weight excluding hydrogens is 302 g/mol. The Balaban J connectivity index is 1.93. The second-order valence-corrected chi connectivity index (χ2v) is 5.61. The largest absolute Gasteiger partial charge is 0.341 e. The lowest BCUT2D eigenvalue weighted by Gasteiger charge is -2.17.